The van der Waals surface area contributed by atoms with E-state index in [0.717, 1.165) is 5.56 Å². The van der Waals surface area contributed by atoms with E-state index in [9.17, 15) is 21.6 Å². The summed E-state index contributed by atoms with van der Waals surface area (Å²) >= 11 is 0. The van der Waals surface area contributed by atoms with Crippen LogP contribution >= 0.6 is 12.4 Å². The molecule has 26 heavy (non-hydrogen) atoms. The molecule has 2 rings (SSSR count). The summed E-state index contributed by atoms with van der Waals surface area (Å²) in [5.74, 6) is 0. The Balaban J connectivity index is 0.00000338. The van der Waals surface area contributed by atoms with Crippen LogP contribution in [0.3, 0.4) is 0 Å². The van der Waals surface area contributed by atoms with Crippen molar-refractivity contribution in [2.24, 2.45) is 0 Å². The monoisotopic (exact) mass is 417 g/mol. The largest absolute Gasteiger partial charge is 0.405 e. The van der Waals surface area contributed by atoms with E-state index < -0.39 is 28.8 Å². The van der Waals surface area contributed by atoms with E-state index in [4.69, 9.17) is 4.74 Å². The summed E-state index contributed by atoms with van der Waals surface area (Å²) in [6.45, 7) is 0.939. The van der Waals surface area contributed by atoms with Gasteiger partial charge in [-0.15, -0.1) is 12.4 Å². The number of benzene rings is 1. The van der Waals surface area contributed by atoms with Gasteiger partial charge >= 0.3 is 6.18 Å². The molecule has 1 atom stereocenters. The molecule has 1 unspecified atom stereocenters. The maximum Gasteiger partial charge on any atom is 0.405 e. The van der Waals surface area contributed by atoms with Crippen molar-refractivity contribution in [3.05, 3.63) is 29.8 Å². The number of nitrogens with one attached hydrogen (secondary N) is 2. The maximum atomic E-state index is 13.3. The van der Waals surface area contributed by atoms with Gasteiger partial charge in [0.15, 0.2) is 0 Å². The maximum absolute atomic E-state index is 13.3. The van der Waals surface area contributed by atoms with Gasteiger partial charge in [-0.1, -0.05) is 12.1 Å². The Bertz CT molecular complexity index is 650. The minimum absolute atomic E-state index is 0. The zero-order chi connectivity index (χ0) is 18.5. The Kier molecular flexibility index (Phi) is 8.77. The predicted octanol–water partition coefficient (Wildman–Crippen LogP) is 1.37. The number of hydrogen-bond acceptors (Lipinski definition) is 5. The summed E-state index contributed by atoms with van der Waals surface area (Å²) in [6.07, 6.45) is -4.51. The Labute approximate surface area is 157 Å². The number of ether oxygens (including phenoxy) is 1. The standard InChI is InChI=1S/C15H22F3N3O3S.ClH/c1-24-11-12-2-4-13(5-3-12)25(22,23)20-10-14(15(16,17)18)21-8-6-19-7-9-21;/h2-5,14,19-20H,6-11H2,1H3;1H. The second-order valence-electron chi connectivity index (χ2n) is 5.77. The molecule has 0 aromatic heterocycles. The summed E-state index contributed by atoms with van der Waals surface area (Å²) in [4.78, 5) is 1.18. The number of methoxy groups -OCH3 is 1. The molecule has 0 aliphatic carbocycles. The Morgan fingerprint density at radius 2 is 1.81 bits per heavy atom. The average molecular weight is 418 g/mol. The normalized spacial score (nSPS) is 17.5. The van der Waals surface area contributed by atoms with Crippen molar-refractivity contribution in [2.75, 3.05) is 39.8 Å². The van der Waals surface area contributed by atoms with Crippen LogP contribution in [0.1, 0.15) is 5.56 Å². The van der Waals surface area contributed by atoms with Crippen LogP contribution < -0.4 is 10.0 Å². The number of sulfonamides is 1. The molecular formula is C15H23ClF3N3O3S. The lowest BCUT2D eigenvalue weighted by atomic mass is 10.2. The first-order valence-electron chi connectivity index (χ1n) is 7.83. The van der Waals surface area contributed by atoms with Crippen molar-refractivity contribution < 1.29 is 26.3 Å². The van der Waals surface area contributed by atoms with Crippen LogP contribution in [-0.4, -0.2) is 65.4 Å². The van der Waals surface area contributed by atoms with Crippen molar-refractivity contribution >= 4 is 22.4 Å². The minimum Gasteiger partial charge on any atom is -0.380 e. The van der Waals surface area contributed by atoms with Gasteiger partial charge < -0.3 is 10.1 Å². The molecule has 0 spiro atoms. The molecule has 1 saturated heterocycles. The quantitative estimate of drug-likeness (QED) is 0.701. The summed E-state index contributed by atoms with van der Waals surface area (Å²) in [5, 5.41) is 2.98. The van der Waals surface area contributed by atoms with E-state index in [2.05, 4.69) is 10.0 Å². The lowest BCUT2D eigenvalue weighted by Gasteiger charge is -2.35. The zero-order valence-electron chi connectivity index (χ0n) is 14.3. The van der Waals surface area contributed by atoms with Crippen LogP contribution in [0.25, 0.3) is 0 Å². The van der Waals surface area contributed by atoms with E-state index >= 15 is 0 Å². The van der Waals surface area contributed by atoms with Crippen LogP contribution in [0, 0.1) is 0 Å². The third kappa shape index (κ3) is 6.36. The Hall–Kier alpha value is -0.910. The molecule has 1 aromatic carbocycles. The molecule has 6 nitrogen and oxygen atoms in total. The molecule has 0 radical (unpaired) electrons. The highest BCUT2D eigenvalue weighted by atomic mass is 35.5. The van der Waals surface area contributed by atoms with Gasteiger partial charge in [0, 0.05) is 39.8 Å². The van der Waals surface area contributed by atoms with E-state index in [0.29, 0.717) is 19.7 Å². The van der Waals surface area contributed by atoms with Crippen LogP contribution in [0.4, 0.5) is 13.2 Å². The van der Waals surface area contributed by atoms with Gasteiger partial charge in [-0.2, -0.15) is 13.2 Å². The SMILES string of the molecule is COCc1ccc(S(=O)(=O)NCC(N2CCNCC2)C(F)(F)F)cc1.Cl. The summed E-state index contributed by atoms with van der Waals surface area (Å²) in [5.41, 5.74) is 0.774. The lowest BCUT2D eigenvalue weighted by Crippen LogP contribution is -2.57. The fraction of sp³-hybridized carbons (Fsp3) is 0.600. The number of nitrogens with zero attached hydrogens (tertiary/aromatic N) is 1. The summed E-state index contributed by atoms with van der Waals surface area (Å²) in [7, 11) is -2.51. The van der Waals surface area contributed by atoms with Gasteiger partial charge in [0.1, 0.15) is 6.04 Å². The van der Waals surface area contributed by atoms with Gasteiger partial charge in [-0.3, -0.25) is 4.90 Å². The molecule has 1 aromatic rings. The molecule has 0 amide bonds. The molecule has 1 heterocycles. The highest BCUT2D eigenvalue weighted by Crippen LogP contribution is 2.25. The first kappa shape index (κ1) is 23.1. The van der Waals surface area contributed by atoms with Gasteiger partial charge in [-0.25, -0.2) is 13.1 Å². The fourth-order valence-corrected chi connectivity index (χ4v) is 3.69. The lowest BCUT2D eigenvalue weighted by molar-refractivity contribution is -0.182. The third-order valence-corrected chi connectivity index (χ3v) is 5.42. The molecule has 1 aliphatic rings. The number of rotatable bonds is 7. The van der Waals surface area contributed by atoms with Gasteiger partial charge in [-0.05, 0) is 17.7 Å². The summed E-state index contributed by atoms with van der Waals surface area (Å²) in [6, 6.07) is 3.98. The van der Waals surface area contributed by atoms with Gasteiger partial charge in [0.25, 0.3) is 0 Å². The zero-order valence-corrected chi connectivity index (χ0v) is 15.9. The Morgan fingerprint density at radius 1 is 1.23 bits per heavy atom. The highest BCUT2D eigenvalue weighted by Gasteiger charge is 2.44. The molecule has 150 valence electrons. The van der Waals surface area contributed by atoms with Crippen LogP contribution in [0.2, 0.25) is 0 Å². The van der Waals surface area contributed by atoms with E-state index in [-0.39, 0.29) is 30.4 Å². The summed E-state index contributed by atoms with van der Waals surface area (Å²) < 4.78 is 71.5. The highest BCUT2D eigenvalue weighted by molar-refractivity contribution is 7.89. The third-order valence-electron chi connectivity index (χ3n) is 3.98. The molecule has 0 saturated carbocycles. The first-order chi connectivity index (χ1) is 11.7. The Morgan fingerprint density at radius 3 is 2.31 bits per heavy atom. The molecule has 1 aliphatic heterocycles. The van der Waals surface area contributed by atoms with E-state index in [1.54, 1.807) is 12.1 Å². The molecule has 1 fully saturated rings. The predicted molar refractivity (Wildman–Crippen MR) is 93.9 cm³/mol. The second-order valence-corrected chi connectivity index (χ2v) is 7.54. The number of halogens is 4. The van der Waals surface area contributed by atoms with Gasteiger partial charge in [0.2, 0.25) is 10.0 Å². The van der Waals surface area contributed by atoms with Crippen LogP contribution in [0.15, 0.2) is 29.2 Å². The minimum atomic E-state index is -4.51. The topological polar surface area (TPSA) is 70.7 Å². The van der Waals surface area contributed by atoms with Crippen molar-refractivity contribution in [3.63, 3.8) is 0 Å². The molecule has 2 N–H and O–H groups in total. The average Bonchev–Trinajstić information content (AvgIpc) is 2.55. The van der Waals surface area contributed by atoms with Crippen molar-refractivity contribution in [2.45, 2.75) is 23.7 Å². The van der Waals surface area contributed by atoms with Crippen LogP contribution in [0.5, 0.6) is 0 Å². The number of piperazine rings is 1. The first-order valence-corrected chi connectivity index (χ1v) is 9.31. The molecule has 11 heteroatoms. The fourth-order valence-electron chi connectivity index (χ4n) is 2.65. The molecule has 0 bridgehead atoms. The van der Waals surface area contributed by atoms with E-state index in [1.165, 1.54) is 24.1 Å². The number of hydrogen-bond donors (Lipinski definition) is 2. The second kappa shape index (κ2) is 9.86. The van der Waals surface area contributed by atoms with Crippen molar-refractivity contribution in [1.82, 2.24) is 14.9 Å². The number of alkyl halides is 3. The van der Waals surface area contributed by atoms with Crippen LogP contribution in [-0.2, 0) is 21.4 Å². The van der Waals surface area contributed by atoms with Gasteiger partial charge in [0.05, 0.1) is 11.5 Å². The molecular weight excluding hydrogens is 395 g/mol. The smallest absolute Gasteiger partial charge is 0.380 e. The van der Waals surface area contributed by atoms with Crippen molar-refractivity contribution in [1.29, 1.82) is 0 Å². The van der Waals surface area contributed by atoms with E-state index in [1.807, 2.05) is 0 Å². The van der Waals surface area contributed by atoms with Crippen molar-refractivity contribution in [3.8, 4) is 0 Å².